The monoisotopic (exact) mass is 605 g/mol. The van der Waals surface area contributed by atoms with Crippen LogP contribution < -0.4 is 4.90 Å². The Bertz CT molecular complexity index is 2000. The fraction of sp³-hybridized carbons (Fsp3) is 0.217. The van der Waals surface area contributed by atoms with Gasteiger partial charge in [0.05, 0.1) is 0 Å². The highest BCUT2D eigenvalue weighted by atomic mass is 15.1. The summed E-state index contributed by atoms with van der Waals surface area (Å²) in [4.78, 5) is 2.51. The van der Waals surface area contributed by atoms with Crippen LogP contribution in [0.4, 0.5) is 17.1 Å². The fourth-order valence-electron chi connectivity index (χ4n) is 10.6. The van der Waals surface area contributed by atoms with Crippen molar-refractivity contribution in [2.24, 2.45) is 23.7 Å². The zero-order valence-electron chi connectivity index (χ0n) is 26.7. The molecule has 47 heavy (non-hydrogen) atoms. The Hall–Kier alpha value is -4.88. The Morgan fingerprint density at radius 1 is 0.383 bits per heavy atom. The summed E-state index contributed by atoms with van der Waals surface area (Å²) < 4.78 is 0. The van der Waals surface area contributed by atoms with Crippen molar-refractivity contribution < 1.29 is 0 Å². The third-order valence-electron chi connectivity index (χ3n) is 12.2. The third-order valence-corrected chi connectivity index (χ3v) is 12.2. The van der Waals surface area contributed by atoms with Crippen LogP contribution in [0.15, 0.2) is 152 Å². The number of nitrogens with zero attached hydrogens (tertiary/aromatic N) is 1. The van der Waals surface area contributed by atoms with E-state index in [4.69, 9.17) is 0 Å². The molecule has 4 fully saturated rings. The molecule has 5 aliphatic rings. The maximum atomic E-state index is 2.61. The van der Waals surface area contributed by atoms with Gasteiger partial charge in [0.2, 0.25) is 0 Å². The smallest absolute Gasteiger partial charge is 0.0467 e. The summed E-state index contributed by atoms with van der Waals surface area (Å²) in [6.45, 7) is 0. The minimum Gasteiger partial charge on any atom is -0.310 e. The van der Waals surface area contributed by atoms with E-state index in [2.05, 4.69) is 157 Å². The number of hydrogen-bond acceptors (Lipinski definition) is 1. The van der Waals surface area contributed by atoms with Crippen LogP contribution in [-0.4, -0.2) is 0 Å². The number of anilines is 3. The van der Waals surface area contributed by atoms with Gasteiger partial charge < -0.3 is 4.90 Å². The summed E-state index contributed by atoms with van der Waals surface area (Å²) >= 11 is 0. The minimum atomic E-state index is 0.138. The van der Waals surface area contributed by atoms with Crippen LogP contribution in [0.25, 0.3) is 33.4 Å². The Kier molecular flexibility index (Phi) is 6.13. The third kappa shape index (κ3) is 4.15. The number of fused-ring (bicyclic) bond motifs is 3. The van der Waals surface area contributed by atoms with Crippen molar-refractivity contribution in [1.29, 1.82) is 0 Å². The molecule has 1 heteroatoms. The minimum absolute atomic E-state index is 0.138. The van der Waals surface area contributed by atoms with E-state index in [0.29, 0.717) is 0 Å². The summed E-state index contributed by atoms with van der Waals surface area (Å²) in [7, 11) is 0. The standard InChI is InChI=1S/C46H39N/c1-3-11-33(12-4-1)35-15-9-17-39(28-35)47(40-18-10-16-36(29-40)34-13-5-2-6-14-34)41-21-22-43-42-19-7-8-20-44(42)46(45(43)30-41)37-24-31-23-32(26-37)27-38(46)25-31/h1-22,28-32,37-38H,23-27H2. The van der Waals surface area contributed by atoms with Gasteiger partial charge in [0.1, 0.15) is 0 Å². The molecular formula is C46H39N. The molecule has 5 aliphatic carbocycles. The Morgan fingerprint density at radius 3 is 1.47 bits per heavy atom. The molecule has 0 N–H and O–H groups in total. The molecule has 11 rings (SSSR count). The van der Waals surface area contributed by atoms with Crippen molar-refractivity contribution in [3.8, 4) is 33.4 Å². The fourth-order valence-corrected chi connectivity index (χ4v) is 10.6. The van der Waals surface area contributed by atoms with Gasteiger partial charge in [-0.3, -0.25) is 0 Å². The molecular weight excluding hydrogens is 567 g/mol. The van der Waals surface area contributed by atoms with Gasteiger partial charge in [0.25, 0.3) is 0 Å². The Labute approximate surface area is 278 Å². The van der Waals surface area contributed by atoms with Gasteiger partial charge in [-0.05, 0) is 137 Å². The topological polar surface area (TPSA) is 3.24 Å². The molecule has 0 radical (unpaired) electrons. The van der Waals surface area contributed by atoms with Gasteiger partial charge in [-0.25, -0.2) is 0 Å². The van der Waals surface area contributed by atoms with Crippen LogP contribution in [0.5, 0.6) is 0 Å². The van der Waals surface area contributed by atoms with Crippen molar-refractivity contribution in [2.45, 2.75) is 37.5 Å². The van der Waals surface area contributed by atoms with E-state index < -0.39 is 0 Å². The number of rotatable bonds is 5. The molecule has 4 saturated carbocycles. The van der Waals surface area contributed by atoms with Crippen molar-refractivity contribution in [3.63, 3.8) is 0 Å². The molecule has 0 aliphatic heterocycles. The lowest BCUT2D eigenvalue weighted by molar-refractivity contribution is -0.0399. The molecule has 0 atom stereocenters. The molecule has 6 aromatic carbocycles. The first kappa shape index (κ1) is 27.3. The molecule has 4 bridgehead atoms. The van der Waals surface area contributed by atoms with Crippen LogP contribution in [0.2, 0.25) is 0 Å². The van der Waals surface area contributed by atoms with E-state index in [1.165, 1.54) is 82.5 Å². The van der Waals surface area contributed by atoms with E-state index >= 15 is 0 Å². The lowest BCUT2D eigenvalue weighted by atomic mass is 9.43. The molecule has 0 amide bonds. The summed E-state index contributed by atoms with van der Waals surface area (Å²) in [5.74, 6) is 3.35. The highest BCUT2D eigenvalue weighted by molar-refractivity contribution is 5.88. The predicted molar refractivity (Wildman–Crippen MR) is 195 cm³/mol. The second-order valence-electron chi connectivity index (χ2n) is 14.6. The molecule has 0 saturated heterocycles. The number of hydrogen-bond donors (Lipinski definition) is 0. The molecule has 0 heterocycles. The summed E-state index contributed by atoms with van der Waals surface area (Å²) in [6, 6.07) is 56.6. The van der Waals surface area contributed by atoms with E-state index in [9.17, 15) is 0 Å². The largest absolute Gasteiger partial charge is 0.310 e. The summed E-state index contributed by atoms with van der Waals surface area (Å²) in [6.07, 6.45) is 7.06. The zero-order valence-corrected chi connectivity index (χ0v) is 26.7. The number of benzene rings is 6. The summed E-state index contributed by atoms with van der Waals surface area (Å²) in [5.41, 5.74) is 14.9. The summed E-state index contributed by atoms with van der Waals surface area (Å²) in [5, 5.41) is 0. The second-order valence-corrected chi connectivity index (χ2v) is 14.6. The van der Waals surface area contributed by atoms with Gasteiger partial charge in [-0.1, -0.05) is 115 Å². The van der Waals surface area contributed by atoms with Gasteiger partial charge in [-0.15, -0.1) is 0 Å². The van der Waals surface area contributed by atoms with Crippen LogP contribution in [-0.2, 0) is 5.41 Å². The van der Waals surface area contributed by atoms with Gasteiger partial charge in [-0.2, -0.15) is 0 Å². The van der Waals surface area contributed by atoms with Crippen LogP contribution in [0, 0.1) is 23.7 Å². The maximum absolute atomic E-state index is 2.61. The predicted octanol–water partition coefficient (Wildman–Crippen LogP) is 12.2. The molecule has 0 aromatic heterocycles. The quantitative estimate of drug-likeness (QED) is 0.189. The highest BCUT2D eigenvalue weighted by Gasteiger charge is 2.61. The van der Waals surface area contributed by atoms with Gasteiger partial charge in [0, 0.05) is 22.5 Å². The first-order chi connectivity index (χ1) is 23.3. The maximum Gasteiger partial charge on any atom is 0.0467 e. The molecule has 1 spiro atoms. The Morgan fingerprint density at radius 2 is 0.872 bits per heavy atom. The van der Waals surface area contributed by atoms with Crippen molar-refractivity contribution in [2.75, 3.05) is 4.90 Å². The lowest BCUT2D eigenvalue weighted by Crippen LogP contribution is -2.55. The van der Waals surface area contributed by atoms with E-state index in [-0.39, 0.29) is 5.41 Å². The zero-order chi connectivity index (χ0) is 31.0. The van der Waals surface area contributed by atoms with Crippen LogP contribution >= 0.6 is 0 Å². The normalized spacial score (nSPS) is 24.7. The van der Waals surface area contributed by atoms with Crippen molar-refractivity contribution in [1.82, 2.24) is 0 Å². The molecule has 0 unspecified atom stereocenters. The lowest BCUT2D eigenvalue weighted by Gasteiger charge is -2.61. The van der Waals surface area contributed by atoms with E-state index in [0.717, 1.165) is 23.7 Å². The van der Waals surface area contributed by atoms with Crippen LogP contribution in [0.1, 0.15) is 43.2 Å². The molecule has 228 valence electrons. The Balaban J connectivity index is 1.18. The second kappa shape index (κ2) is 10.6. The van der Waals surface area contributed by atoms with Gasteiger partial charge >= 0.3 is 0 Å². The van der Waals surface area contributed by atoms with E-state index in [1.54, 1.807) is 11.1 Å². The van der Waals surface area contributed by atoms with E-state index in [1.807, 2.05) is 0 Å². The SMILES string of the molecule is c1ccc(-c2cccc(N(c3cccc(-c4ccccc4)c3)c3ccc4c(c3)C3(c5ccccc5-4)C4CC5CC(C4)CC3C5)c2)cc1. The molecule has 6 aromatic rings. The highest BCUT2D eigenvalue weighted by Crippen LogP contribution is 2.69. The van der Waals surface area contributed by atoms with Crippen molar-refractivity contribution >= 4 is 17.1 Å². The average molecular weight is 606 g/mol. The first-order valence-corrected chi connectivity index (χ1v) is 17.6. The molecule has 1 nitrogen and oxygen atoms in total. The first-order valence-electron chi connectivity index (χ1n) is 17.6. The average Bonchev–Trinajstić information content (AvgIpc) is 3.42. The van der Waals surface area contributed by atoms with Crippen LogP contribution in [0.3, 0.4) is 0 Å². The van der Waals surface area contributed by atoms with Gasteiger partial charge in [0.15, 0.2) is 0 Å². The van der Waals surface area contributed by atoms with Crippen molar-refractivity contribution in [3.05, 3.63) is 163 Å².